The zero-order chi connectivity index (χ0) is 17.1. The van der Waals surface area contributed by atoms with Crippen LogP contribution in [0.2, 0.25) is 0 Å². The van der Waals surface area contributed by atoms with E-state index in [0.717, 1.165) is 4.90 Å². The van der Waals surface area contributed by atoms with Crippen LogP contribution in [0.15, 0.2) is 34.9 Å². The van der Waals surface area contributed by atoms with Crippen LogP contribution in [0.4, 0.5) is 0 Å². The molecular weight excluding hydrogens is 312 g/mol. The maximum Gasteiger partial charge on any atom is 0.344 e. The normalized spacial score (nSPS) is 14.0. The van der Waals surface area contributed by atoms with Crippen LogP contribution in [0.3, 0.4) is 0 Å². The highest BCUT2D eigenvalue weighted by atomic mass is 16.5. The molecule has 0 unspecified atom stereocenters. The van der Waals surface area contributed by atoms with E-state index in [1.807, 2.05) is 18.2 Å². The van der Waals surface area contributed by atoms with Gasteiger partial charge in [-0.3, -0.25) is 14.5 Å². The summed E-state index contributed by atoms with van der Waals surface area (Å²) in [6, 6.07) is 9.07. The third-order valence-electron chi connectivity index (χ3n) is 3.82. The number of imide groups is 1. The molecule has 7 nitrogen and oxygen atoms in total. The van der Waals surface area contributed by atoms with E-state index in [9.17, 15) is 14.4 Å². The molecule has 0 N–H and O–H groups in total. The van der Waals surface area contributed by atoms with Gasteiger partial charge in [-0.25, -0.2) is 4.79 Å². The van der Waals surface area contributed by atoms with Crippen molar-refractivity contribution in [1.82, 2.24) is 10.1 Å². The Morgan fingerprint density at radius 3 is 2.71 bits per heavy atom. The molecule has 0 atom stereocenters. The highest BCUT2D eigenvalue weighted by Gasteiger charge is 2.28. The summed E-state index contributed by atoms with van der Waals surface area (Å²) in [6.07, 6.45) is 0.990. The molecule has 0 bridgehead atoms. The van der Waals surface area contributed by atoms with E-state index in [1.54, 1.807) is 19.1 Å². The number of carbonyl (C=O) groups is 3. The van der Waals surface area contributed by atoms with Crippen LogP contribution in [0.25, 0.3) is 11.3 Å². The summed E-state index contributed by atoms with van der Waals surface area (Å²) in [7, 11) is 0. The van der Waals surface area contributed by atoms with Gasteiger partial charge in [0.15, 0.2) is 6.61 Å². The highest BCUT2D eigenvalue weighted by molar-refractivity contribution is 6.00. The molecule has 24 heavy (non-hydrogen) atoms. The minimum absolute atomic E-state index is 0.182. The molecule has 2 amide bonds. The molecule has 0 spiro atoms. The zero-order valence-corrected chi connectivity index (χ0v) is 13.2. The number of benzene rings is 1. The van der Waals surface area contributed by atoms with Crippen LogP contribution in [-0.4, -0.2) is 41.0 Å². The first-order chi connectivity index (χ1) is 11.6. The Balaban J connectivity index is 1.73. The number of likely N-dealkylation sites (tertiary alicyclic amines) is 1. The van der Waals surface area contributed by atoms with Crippen LogP contribution in [0, 0.1) is 6.92 Å². The van der Waals surface area contributed by atoms with Crippen molar-refractivity contribution >= 4 is 17.8 Å². The number of esters is 1. The third kappa shape index (κ3) is 3.05. The van der Waals surface area contributed by atoms with Gasteiger partial charge in [-0.05, 0) is 13.3 Å². The molecule has 3 rings (SSSR count). The van der Waals surface area contributed by atoms with Crippen molar-refractivity contribution in [2.45, 2.75) is 19.8 Å². The van der Waals surface area contributed by atoms with E-state index in [0.29, 0.717) is 36.4 Å². The number of ether oxygens (including phenoxy) is 1. The van der Waals surface area contributed by atoms with Crippen molar-refractivity contribution in [1.29, 1.82) is 0 Å². The number of nitrogens with zero attached hydrogens (tertiary/aromatic N) is 2. The van der Waals surface area contributed by atoms with Crippen LogP contribution < -0.4 is 0 Å². The standard InChI is InChI=1S/C17H16N2O5/c1-11-15(16(18-24-11)12-6-3-2-4-7-12)17(22)23-10-14(21)19-9-5-8-13(19)20/h2-4,6-7H,5,8-10H2,1H3. The monoisotopic (exact) mass is 328 g/mol. The highest BCUT2D eigenvalue weighted by Crippen LogP contribution is 2.25. The maximum atomic E-state index is 12.3. The van der Waals surface area contributed by atoms with E-state index >= 15 is 0 Å². The second-order valence-electron chi connectivity index (χ2n) is 5.45. The summed E-state index contributed by atoms with van der Waals surface area (Å²) in [6.45, 7) is 1.49. The van der Waals surface area contributed by atoms with Crippen molar-refractivity contribution in [2.24, 2.45) is 0 Å². The number of aryl methyl sites for hydroxylation is 1. The maximum absolute atomic E-state index is 12.3. The number of rotatable bonds is 4. The summed E-state index contributed by atoms with van der Waals surface area (Å²) >= 11 is 0. The minimum Gasteiger partial charge on any atom is -0.452 e. The molecule has 7 heteroatoms. The quantitative estimate of drug-likeness (QED) is 0.797. The summed E-state index contributed by atoms with van der Waals surface area (Å²) < 4.78 is 10.2. The van der Waals surface area contributed by atoms with Crippen LogP contribution in [0.1, 0.15) is 29.0 Å². The Bertz CT molecular complexity index is 782. The van der Waals surface area contributed by atoms with Gasteiger partial charge >= 0.3 is 5.97 Å². The smallest absolute Gasteiger partial charge is 0.344 e. The van der Waals surface area contributed by atoms with Crippen LogP contribution in [0.5, 0.6) is 0 Å². The second kappa shape index (κ2) is 6.66. The van der Waals surface area contributed by atoms with Crippen molar-refractivity contribution in [2.75, 3.05) is 13.2 Å². The van der Waals surface area contributed by atoms with Crippen molar-refractivity contribution in [3.8, 4) is 11.3 Å². The number of amides is 2. The Hall–Kier alpha value is -2.96. The van der Waals surface area contributed by atoms with Crippen molar-refractivity contribution in [3.63, 3.8) is 0 Å². The second-order valence-corrected chi connectivity index (χ2v) is 5.45. The number of carbonyl (C=O) groups excluding carboxylic acids is 3. The molecule has 1 aliphatic rings. The summed E-state index contributed by atoms with van der Waals surface area (Å²) in [5, 5.41) is 3.90. The summed E-state index contributed by atoms with van der Waals surface area (Å²) in [5.74, 6) is -1.14. The Morgan fingerprint density at radius 1 is 1.29 bits per heavy atom. The van der Waals surface area contributed by atoms with Gasteiger partial charge in [0.05, 0.1) is 0 Å². The van der Waals surface area contributed by atoms with Crippen LogP contribution in [-0.2, 0) is 14.3 Å². The van der Waals surface area contributed by atoms with E-state index in [1.165, 1.54) is 0 Å². The fourth-order valence-electron chi connectivity index (χ4n) is 2.59. The largest absolute Gasteiger partial charge is 0.452 e. The first-order valence-electron chi connectivity index (χ1n) is 7.60. The predicted molar refractivity (Wildman–Crippen MR) is 82.9 cm³/mol. The molecule has 1 aliphatic heterocycles. The molecule has 0 saturated carbocycles. The number of hydrogen-bond acceptors (Lipinski definition) is 6. The average molecular weight is 328 g/mol. The first kappa shape index (κ1) is 15.9. The molecule has 2 aromatic rings. The molecule has 1 aromatic carbocycles. The lowest BCUT2D eigenvalue weighted by Crippen LogP contribution is -2.35. The summed E-state index contributed by atoms with van der Waals surface area (Å²) in [4.78, 5) is 36.9. The van der Waals surface area contributed by atoms with E-state index in [-0.39, 0.29) is 11.5 Å². The van der Waals surface area contributed by atoms with E-state index < -0.39 is 18.5 Å². The van der Waals surface area contributed by atoms with Gasteiger partial charge in [0.1, 0.15) is 17.0 Å². The fourth-order valence-corrected chi connectivity index (χ4v) is 2.59. The Labute approximate surface area is 138 Å². The number of hydrogen-bond donors (Lipinski definition) is 0. The van der Waals surface area contributed by atoms with Gasteiger partial charge < -0.3 is 9.26 Å². The van der Waals surface area contributed by atoms with Gasteiger partial charge in [-0.1, -0.05) is 35.5 Å². The van der Waals surface area contributed by atoms with Gasteiger partial charge in [-0.2, -0.15) is 0 Å². The number of aromatic nitrogens is 1. The topological polar surface area (TPSA) is 89.7 Å². The zero-order valence-electron chi connectivity index (χ0n) is 13.2. The fraction of sp³-hybridized carbons (Fsp3) is 0.294. The SMILES string of the molecule is Cc1onc(-c2ccccc2)c1C(=O)OCC(=O)N1CCCC1=O. The average Bonchev–Trinajstić information content (AvgIpc) is 3.19. The Kier molecular flexibility index (Phi) is 4.41. The van der Waals surface area contributed by atoms with Gasteiger partial charge in [-0.15, -0.1) is 0 Å². The molecule has 2 heterocycles. The molecule has 1 saturated heterocycles. The molecule has 1 fully saturated rings. The van der Waals surface area contributed by atoms with Crippen LogP contribution >= 0.6 is 0 Å². The molecule has 124 valence electrons. The first-order valence-corrected chi connectivity index (χ1v) is 7.60. The van der Waals surface area contributed by atoms with Crippen molar-refractivity contribution in [3.05, 3.63) is 41.7 Å². The molecule has 0 aliphatic carbocycles. The van der Waals surface area contributed by atoms with Gasteiger partial charge in [0.25, 0.3) is 5.91 Å². The minimum atomic E-state index is -0.701. The molecular formula is C17H16N2O5. The predicted octanol–water partition coefficient (Wildman–Crippen LogP) is 1.96. The lowest BCUT2D eigenvalue weighted by Gasteiger charge is -2.13. The third-order valence-corrected chi connectivity index (χ3v) is 3.82. The van der Waals surface area contributed by atoms with Crippen molar-refractivity contribution < 1.29 is 23.6 Å². The van der Waals surface area contributed by atoms with E-state index in [4.69, 9.17) is 9.26 Å². The van der Waals surface area contributed by atoms with Gasteiger partial charge in [0.2, 0.25) is 5.91 Å². The van der Waals surface area contributed by atoms with E-state index in [2.05, 4.69) is 5.16 Å². The lowest BCUT2D eigenvalue weighted by molar-refractivity contribution is -0.143. The molecule has 1 aromatic heterocycles. The Morgan fingerprint density at radius 2 is 2.04 bits per heavy atom. The summed E-state index contributed by atoms with van der Waals surface area (Å²) in [5.41, 5.74) is 1.26. The van der Waals surface area contributed by atoms with Gasteiger partial charge in [0, 0.05) is 18.5 Å². The molecule has 0 radical (unpaired) electrons. The lowest BCUT2D eigenvalue weighted by atomic mass is 10.1.